The maximum atomic E-state index is 12.9. The summed E-state index contributed by atoms with van der Waals surface area (Å²) in [5, 5.41) is 6.54. The van der Waals surface area contributed by atoms with Crippen LogP contribution in [0.1, 0.15) is 61.3 Å². The van der Waals surface area contributed by atoms with Crippen molar-refractivity contribution in [3.05, 3.63) is 35.0 Å². The number of fused-ring (bicyclic) bond motifs is 1. The molecule has 2 aromatic rings. The molecule has 0 radical (unpaired) electrons. The summed E-state index contributed by atoms with van der Waals surface area (Å²) in [7, 11) is 0. The number of carbonyl (C=O) groups is 2. The van der Waals surface area contributed by atoms with Crippen LogP contribution >= 0.6 is 11.8 Å². The summed E-state index contributed by atoms with van der Waals surface area (Å²) >= 11 is 1.69. The Labute approximate surface area is 161 Å². The minimum Gasteiger partial charge on any atom is -0.443 e. The molecule has 0 N–H and O–H groups in total. The van der Waals surface area contributed by atoms with Crippen molar-refractivity contribution in [2.75, 3.05) is 4.90 Å². The van der Waals surface area contributed by atoms with Gasteiger partial charge in [-0.15, -0.1) is 11.8 Å². The SMILES string of the molecule is CC(C)(C)OC(=O)N(c1cc(C2CC=CS2)nc2c(C=O)cnn12)C1CC1. The van der Waals surface area contributed by atoms with Crippen molar-refractivity contribution < 1.29 is 14.3 Å². The first kappa shape index (κ1) is 18.0. The van der Waals surface area contributed by atoms with Crippen molar-refractivity contribution in [1.82, 2.24) is 14.6 Å². The molecule has 3 heterocycles. The first-order valence-electron chi connectivity index (χ1n) is 9.04. The van der Waals surface area contributed by atoms with Gasteiger partial charge in [0.05, 0.1) is 22.7 Å². The predicted octanol–water partition coefficient (Wildman–Crippen LogP) is 4.14. The third-order valence-electron chi connectivity index (χ3n) is 4.40. The molecule has 0 spiro atoms. The molecule has 7 nitrogen and oxygen atoms in total. The van der Waals surface area contributed by atoms with Gasteiger partial charge in [0.1, 0.15) is 11.4 Å². The molecule has 0 aromatic carbocycles. The van der Waals surface area contributed by atoms with Gasteiger partial charge in [0.15, 0.2) is 11.9 Å². The highest BCUT2D eigenvalue weighted by Crippen LogP contribution is 2.40. The van der Waals surface area contributed by atoms with Gasteiger partial charge >= 0.3 is 6.09 Å². The number of amides is 1. The van der Waals surface area contributed by atoms with Crippen LogP contribution in [0.15, 0.2) is 23.7 Å². The Hall–Kier alpha value is -2.35. The first-order chi connectivity index (χ1) is 12.9. The lowest BCUT2D eigenvalue weighted by atomic mass is 10.2. The number of allylic oxidation sites excluding steroid dienone is 1. The van der Waals surface area contributed by atoms with Gasteiger partial charge in [-0.3, -0.25) is 9.69 Å². The number of aromatic nitrogens is 3. The second kappa shape index (κ2) is 6.67. The minimum absolute atomic E-state index is 0.0801. The number of anilines is 1. The van der Waals surface area contributed by atoms with E-state index in [1.165, 1.54) is 6.20 Å². The van der Waals surface area contributed by atoms with E-state index in [1.54, 1.807) is 21.2 Å². The number of thioether (sulfide) groups is 1. The molecule has 2 aromatic heterocycles. The summed E-state index contributed by atoms with van der Waals surface area (Å²) in [5.41, 5.74) is 1.13. The fourth-order valence-electron chi connectivity index (χ4n) is 3.05. The van der Waals surface area contributed by atoms with E-state index in [9.17, 15) is 9.59 Å². The van der Waals surface area contributed by atoms with E-state index in [2.05, 4.69) is 21.6 Å². The van der Waals surface area contributed by atoms with E-state index in [-0.39, 0.29) is 11.3 Å². The standard InChI is InChI=1S/C19H22N4O3S/c1-19(2,3)26-18(25)22(13-6-7-13)16-9-14(15-5-4-8-27-15)21-17-12(11-24)10-20-23(16)17/h4,8-11,13,15H,5-7H2,1-3H3. The number of hydrogen-bond acceptors (Lipinski definition) is 6. The summed E-state index contributed by atoms with van der Waals surface area (Å²) < 4.78 is 7.21. The molecule has 1 aliphatic heterocycles. The summed E-state index contributed by atoms with van der Waals surface area (Å²) in [6, 6.07) is 1.98. The first-order valence-corrected chi connectivity index (χ1v) is 9.98. The Morgan fingerprint density at radius 2 is 2.19 bits per heavy atom. The highest BCUT2D eigenvalue weighted by Gasteiger charge is 2.38. The number of aldehydes is 1. The summed E-state index contributed by atoms with van der Waals surface area (Å²) in [6.07, 6.45) is 6.64. The van der Waals surface area contributed by atoms with E-state index in [1.807, 2.05) is 26.8 Å². The van der Waals surface area contributed by atoms with Gasteiger partial charge in [-0.25, -0.2) is 9.78 Å². The molecule has 4 rings (SSSR count). The second-order valence-electron chi connectivity index (χ2n) is 7.81. The molecule has 1 unspecified atom stereocenters. The van der Waals surface area contributed by atoms with Crippen LogP contribution in [0.25, 0.3) is 5.65 Å². The van der Waals surface area contributed by atoms with E-state index in [0.29, 0.717) is 17.0 Å². The number of hydrogen-bond donors (Lipinski definition) is 0. The Bertz CT molecular complexity index is 919. The van der Waals surface area contributed by atoms with Crippen LogP contribution in [-0.2, 0) is 4.74 Å². The summed E-state index contributed by atoms with van der Waals surface area (Å²) in [5.74, 6) is 0.604. The van der Waals surface area contributed by atoms with Gasteiger partial charge in [-0.2, -0.15) is 9.61 Å². The van der Waals surface area contributed by atoms with E-state index in [4.69, 9.17) is 4.74 Å². The Morgan fingerprint density at radius 1 is 1.41 bits per heavy atom. The molecule has 1 amide bonds. The number of nitrogens with zero attached hydrogens (tertiary/aromatic N) is 4. The Balaban J connectivity index is 1.83. The van der Waals surface area contributed by atoms with Crippen LogP contribution < -0.4 is 4.90 Å². The smallest absolute Gasteiger partial charge is 0.416 e. The third kappa shape index (κ3) is 3.58. The molecule has 2 aliphatic rings. The monoisotopic (exact) mass is 386 g/mol. The van der Waals surface area contributed by atoms with Gasteiger partial charge in [0, 0.05) is 12.1 Å². The molecule has 0 bridgehead atoms. The van der Waals surface area contributed by atoms with Crippen LogP contribution in [0.2, 0.25) is 0 Å². The third-order valence-corrected chi connectivity index (χ3v) is 5.51. The topological polar surface area (TPSA) is 76.8 Å². The van der Waals surface area contributed by atoms with Gasteiger partial charge in [-0.1, -0.05) is 6.08 Å². The van der Waals surface area contributed by atoms with E-state index >= 15 is 0 Å². The quantitative estimate of drug-likeness (QED) is 0.735. The Kier molecular flexibility index (Phi) is 4.46. The average molecular weight is 386 g/mol. The van der Waals surface area contributed by atoms with Gasteiger partial charge in [-0.05, 0) is 45.4 Å². The van der Waals surface area contributed by atoms with Crippen molar-refractivity contribution in [3.8, 4) is 0 Å². The highest BCUT2D eigenvalue weighted by atomic mass is 32.2. The maximum absolute atomic E-state index is 12.9. The normalized spacial score (nSPS) is 19.4. The van der Waals surface area contributed by atoms with Crippen molar-refractivity contribution in [1.29, 1.82) is 0 Å². The highest BCUT2D eigenvalue weighted by molar-refractivity contribution is 8.02. The second-order valence-corrected chi connectivity index (χ2v) is 8.92. The molecule has 142 valence electrons. The van der Waals surface area contributed by atoms with Crippen molar-refractivity contribution in [3.63, 3.8) is 0 Å². The molecule has 27 heavy (non-hydrogen) atoms. The van der Waals surface area contributed by atoms with Crippen LogP contribution in [0.5, 0.6) is 0 Å². The predicted molar refractivity (Wildman–Crippen MR) is 104 cm³/mol. The van der Waals surface area contributed by atoms with Crippen LogP contribution in [0.3, 0.4) is 0 Å². The van der Waals surface area contributed by atoms with Crippen molar-refractivity contribution in [2.24, 2.45) is 0 Å². The molecule has 0 saturated heterocycles. The fraction of sp³-hybridized carbons (Fsp3) is 0.474. The van der Waals surface area contributed by atoms with Crippen molar-refractivity contribution >= 4 is 35.6 Å². The molecule has 1 fully saturated rings. The lowest BCUT2D eigenvalue weighted by Gasteiger charge is -2.28. The molecular formula is C19H22N4O3S. The van der Waals surface area contributed by atoms with E-state index in [0.717, 1.165) is 31.2 Å². The van der Waals surface area contributed by atoms with Crippen molar-refractivity contribution in [2.45, 2.75) is 56.9 Å². The summed E-state index contributed by atoms with van der Waals surface area (Å²) in [6.45, 7) is 5.55. The van der Waals surface area contributed by atoms with Gasteiger partial charge < -0.3 is 4.74 Å². The lowest BCUT2D eigenvalue weighted by molar-refractivity contribution is 0.0575. The van der Waals surface area contributed by atoms with Gasteiger partial charge in [0.2, 0.25) is 0 Å². The Morgan fingerprint density at radius 3 is 2.78 bits per heavy atom. The zero-order chi connectivity index (χ0) is 19.2. The number of carbonyl (C=O) groups excluding carboxylic acids is 2. The van der Waals surface area contributed by atoms with Crippen LogP contribution in [0.4, 0.5) is 10.6 Å². The van der Waals surface area contributed by atoms with E-state index < -0.39 is 11.7 Å². The average Bonchev–Trinajstić information content (AvgIpc) is 3.10. The largest absolute Gasteiger partial charge is 0.443 e. The zero-order valence-electron chi connectivity index (χ0n) is 15.6. The molecule has 1 saturated carbocycles. The molecule has 1 aliphatic carbocycles. The molecular weight excluding hydrogens is 364 g/mol. The minimum atomic E-state index is -0.595. The number of ether oxygens (including phenoxy) is 1. The molecule has 1 atom stereocenters. The van der Waals surface area contributed by atoms with Crippen LogP contribution in [0, 0.1) is 0 Å². The maximum Gasteiger partial charge on any atom is 0.416 e. The summed E-state index contributed by atoms with van der Waals surface area (Å²) in [4.78, 5) is 30.7. The molecule has 8 heteroatoms. The lowest BCUT2D eigenvalue weighted by Crippen LogP contribution is -2.39. The van der Waals surface area contributed by atoms with Gasteiger partial charge in [0.25, 0.3) is 0 Å². The van der Waals surface area contributed by atoms with Crippen LogP contribution in [-0.4, -0.2) is 38.6 Å². The zero-order valence-corrected chi connectivity index (χ0v) is 16.4. The number of rotatable bonds is 4. The fourth-order valence-corrected chi connectivity index (χ4v) is 3.95.